The summed E-state index contributed by atoms with van der Waals surface area (Å²) in [6.07, 6.45) is -0.0438. The topological polar surface area (TPSA) is 124 Å². The second-order valence-corrected chi connectivity index (χ2v) is 9.74. The normalized spacial score (nSPS) is 17.9. The molecule has 1 rings (SSSR count). The summed E-state index contributed by atoms with van der Waals surface area (Å²) in [6, 6.07) is 0.0253. The summed E-state index contributed by atoms with van der Waals surface area (Å²) in [5, 5.41) is 12.0. The third-order valence-corrected chi connectivity index (χ3v) is 5.08. The van der Waals surface area contributed by atoms with Crippen molar-refractivity contribution in [2.45, 2.75) is 65.2 Å². The average Bonchev–Trinajstić information content (AvgIpc) is 2.35. The van der Waals surface area contributed by atoms with Crippen molar-refractivity contribution in [2.75, 3.05) is 26.4 Å². The fourth-order valence-electron chi connectivity index (χ4n) is 2.11. The fraction of sp³-hybridized carbons (Fsp3) is 0.875. The third-order valence-electron chi connectivity index (χ3n) is 3.12. The van der Waals surface area contributed by atoms with Crippen molar-refractivity contribution in [1.29, 1.82) is 0 Å². The summed E-state index contributed by atoms with van der Waals surface area (Å²) in [6.45, 7) is 9.90. The summed E-state index contributed by atoms with van der Waals surface area (Å²) in [5.41, 5.74) is -1.65. The van der Waals surface area contributed by atoms with Crippen LogP contribution in [-0.2, 0) is 27.7 Å². The van der Waals surface area contributed by atoms with Gasteiger partial charge in [-0.2, -0.15) is 0 Å². The van der Waals surface area contributed by atoms with Crippen LogP contribution in [0.3, 0.4) is 0 Å². The van der Waals surface area contributed by atoms with Crippen LogP contribution in [0.4, 0.5) is 4.79 Å². The van der Waals surface area contributed by atoms with E-state index in [-0.39, 0.29) is 12.6 Å². The number of carboxylic acid groups (broad SMARTS) is 1. The molecule has 2 N–H and O–H groups in total. The van der Waals surface area contributed by atoms with E-state index in [1.807, 2.05) is 0 Å². The van der Waals surface area contributed by atoms with Crippen LogP contribution < -0.4 is 5.32 Å². The predicted molar refractivity (Wildman–Crippen MR) is 97.3 cm³/mol. The second-order valence-electron chi connectivity index (χ2n) is 8.23. The first kappa shape index (κ1) is 23.8. The van der Waals surface area contributed by atoms with Gasteiger partial charge in [0.05, 0.1) is 11.2 Å². The van der Waals surface area contributed by atoms with Crippen molar-refractivity contribution in [3.63, 3.8) is 0 Å². The molecule has 1 atom stereocenters. The molecule has 0 aromatic carbocycles. The minimum Gasteiger partial charge on any atom is -0.480 e. The maximum Gasteiger partial charge on any atom is 0.478 e. The highest BCUT2D eigenvalue weighted by Crippen LogP contribution is 2.55. The quantitative estimate of drug-likeness (QED) is 0.436. The highest BCUT2D eigenvalue weighted by Gasteiger charge is 2.38. The molecule has 0 aromatic heterocycles. The monoisotopic (exact) mass is 410 g/mol. The Morgan fingerprint density at radius 2 is 1.67 bits per heavy atom. The van der Waals surface area contributed by atoms with Crippen molar-refractivity contribution in [3.8, 4) is 0 Å². The van der Waals surface area contributed by atoms with Gasteiger partial charge in [-0.25, -0.2) is 13.9 Å². The van der Waals surface area contributed by atoms with Crippen LogP contribution in [-0.4, -0.2) is 65.7 Å². The Balaban J connectivity index is 2.66. The van der Waals surface area contributed by atoms with Crippen LogP contribution in [0.15, 0.2) is 0 Å². The van der Waals surface area contributed by atoms with Crippen molar-refractivity contribution >= 4 is 19.9 Å². The van der Waals surface area contributed by atoms with Gasteiger partial charge in [-0.1, -0.05) is 0 Å². The third kappa shape index (κ3) is 10.1. The van der Waals surface area contributed by atoms with Gasteiger partial charge in [0.2, 0.25) is 6.79 Å². The van der Waals surface area contributed by atoms with Crippen molar-refractivity contribution in [3.05, 3.63) is 0 Å². The Kier molecular flexibility index (Phi) is 8.25. The van der Waals surface area contributed by atoms with Gasteiger partial charge in [-0.05, 0) is 54.5 Å². The van der Waals surface area contributed by atoms with Crippen LogP contribution in [0.5, 0.6) is 0 Å². The van der Waals surface area contributed by atoms with Crippen LogP contribution in [0.2, 0.25) is 0 Å². The van der Waals surface area contributed by atoms with E-state index in [1.165, 1.54) is 0 Å². The highest BCUT2D eigenvalue weighted by atomic mass is 31.2. The molecule has 10 nitrogen and oxygen atoms in total. The lowest BCUT2D eigenvalue weighted by molar-refractivity contribution is -0.138. The van der Waals surface area contributed by atoms with Gasteiger partial charge < -0.3 is 15.2 Å². The number of carboxylic acids is 1. The minimum atomic E-state index is -4.02. The zero-order chi connectivity index (χ0) is 20.9. The number of phosphoric acid groups is 1. The first-order valence-electron chi connectivity index (χ1n) is 8.72. The van der Waals surface area contributed by atoms with Crippen LogP contribution in [0.1, 0.15) is 48.0 Å². The van der Waals surface area contributed by atoms with Gasteiger partial charge in [0.15, 0.2) is 0 Å². The first-order valence-corrected chi connectivity index (χ1v) is 10.2. The number of amides is 1. The first-order chi connectivity index (χ1) is 12.2. The largest absolute Gasteiger partial charge is 0.480 e. The lowest BCUT2D eigenvalue weighted by Crippen LogP contribution is -2.52. The van der Waals surface area contributed by atoms with Gasteiger partial charge in [0, 0.05) is 12.6 Å². The number of phosphoric ester groups is 1. The van der Waals surface area contributed by atoms with E-state index >= 15 is 0 Å². The molecule has 11 heteroatoms. The maximum atomic E-state index is 12.8. The van der Waals surface area contributed by atoms with Gasteiger partial charge in [0.1, 0.15) is 6.54 Å². The van der Waals surface area contributed by atoms with Crippen LogP contribution >= 0.6 is 7.82 Å². The van der Waals surface area contributed by atoms with E-state index in [1.54, 1.807) is 41.5 Å². The van der Waals surface area contributed by atoms with E-state index < -0.39 is 44.4 Å². The van der Waals surface area contributed by atoms with E-state index in [2.05, 4.69) is 5.32 Å². The van der Waals surface area contributed by atoms with E-state index in [0.29, 0.717) is 0 Å². The predicted octanol–water partition coefficient (Wildman–Crippen LogP) is 2.58. The SMILES string of the molecule is CC(C)(C)OP(=O)(OCOC(=O)N(CC(=O)O)C[C@H]1CCN1)OC(C)(C)C. The summed E-state index contributed by atoms with van der Waals surface area (Å²) in [4.78, 5) is 24.2. The van der Waals surface area contributed by atoms with E-state index in [4.69, 9.17) is 23.4 Å². The molecule has 0 spiro atoms. The number of ether oxygens (including phenoxy) is 1. The minimum absolute atomic E-state index is 0.0253. The Morgan fingerprint density at radius 3 is 2.04 bits per heavy atom. The molecular formula is C16H31N2O8P. The zero-order valence-electron chi connectivity index (χ0n) is 16.8. The zero-order valence-corrected chi connectivity index (χ0v) is 17.7. The van der Waals surface area contributed by atoms with Gasteiger partial charge in [-0.15, -0.1) is 0 Å². The van der Waals surface area contributed by atoms with E-state index in [9.17, 15) is 14.2 Å². The van der Waals surface area contributed by atoms with Crippen LogP contribution in [0, 0.1) is 0 Å². The highest BCUT2D eigenvalue weighted by molar-refractivity contribution is 7.48. The Hall–Kier alpha value is -1.19. The average molecular weight is 410 g/mol. The number of rotatable bonds is 9. The van der Waals surface area contributed by atoms with Gasteiger partial charge >= 0.3 is 19.9 Å². The Morgan fingerprint density at radius 1 is 1.15 bits per heavy atom. The van der Waals surface area contributed by atoms with Gasteiger partial charge in [-0.3, -0.25) is 18.7 Å². The number of hydrogen-bond acceptors (Lipinski definition) is 8. The molecule has 158 valence electrons. The lowest BCUT2D eigenvalue weighted by Gasteiger charge is -2.33. The number of carbonyl (C=O) groups is 2. The second kappa shape index (κ2) is 9.34. The molecule has 1 fully saturated rings. The molecule has 0 saturated carbocycles. The molecule has 0 aliphatic carbocycles. The number of aliphatic carboxylic acids is 1. The standard InChI is InChI=1S/C16H31N2O8P/c1-15(2,3)25-27(22,26-16(4,5)6)24-11-23-14(21)18(10-13(19)20)9-12-7-8-17-12/h12,17H,7-11H2,1-6H3,(H,19,20)/t12-/m1/s1. The molecule has 0 radical (unpaired) electrons. The molecular weight excluding hydrogens is 379 g/mol. The molecule has 0 aromatic rings. The summed E-state index contributed by atoms with van der Waals surface area (Å²) < 4.78 is 33.7. The smallest absolute Gasteiger partial charge is 0.478 e. The molecule has 1 amide bonds. The summed E-state index contributed by atoms with van der Waals surface area (Å²) >= 11 is 0. The number of nitrogens with one attached hydrogen (secondary N) is 1. The number of hydrogen-bond donors (Lipinski definition) is 2. The Labute approximate surface area is 160 Å². The molecule has 0 unspecified atom stereocenters. The van der Waals surface area contributed by atoms with Crippen molar-refractivity contribution in [2.24, 2.45) is 0 Å². The van der Waals surface area contributed by atoms with E-state index in [0.717, 1.165) is 17.9 Å². The number of nitrogens with zero attached hydrogens (tertiary/aromatic N) is 1. The molecule has 1 saturated heterocycles. The lowest BCUT2D eigenvalue weighted by atomic mass is 10.1. The molecule has 0 bridgehead atoms. The summed E-state index contributed by atoms with van der Waals surface area (Å²) in [5.74, 6) is -1.16. The van der Waals surface area contributed by atoms with Gasteiger partial charge in [0.25, 0.3) is 0 Å². The fourth-order valence-corrected chi connectivity index (χ4v) is 3.78. The maximum absolute atomic E-state index is 12.8. The number of carbonyl (C=O) groups excluding carboxylic acids is 1. The van der Waals surface area contributed by atoms with Crippen molar-refractivity contribution in [1.82, 2.24) is 10.2 Å². The molecule has 27 heavy (non-hydrogen) atoms. The Bertz CT molecular complexity index is 546. The summed E-state index contributed by atoms with van der Waals surface area (Å²) in [7, 11) is -4.02. The molecule has 1 heterocycles. The molecule has 1 aliphatic rings. The van der Waals surface area contributed by atoms with Crippen molar-refractivity contribution < 1.29 is 37.6 Å². The van der Waals surface area contributed by atoms with Crippen LogP contribution in [0.25, 0.3) is 0 Å². The molecule has 1 aliphatic heterocycles.